The summed E-state index contributed by atoms with van der Waals surface area (Å²) in [6, 6.07) is 21.8. The van der Waals surface area contributed by atoms with E-state index in [1.54, 1.807) is 12.1 Å². The van der Waals surface area contributed by atoms with E-state index < -0.39 is 12.5 Å². The summed E-state index contributed by atoms with van der Waals surface area (Å²) in [5, 5.41) is 12.0. The molecule has 0 aliphatic heterocycles. The molecule has 1 heterocycles. The van der Waals surface area contributed by atoms with E-state index >= 15 is 0 Å². The molecule has 4 aromatic rings. The summed E-state index contributed by atoms with van der Waals surface area (Å²) in [5.74, 6) is 0.829. The van der Waals surface area contributed by atoms with Crippen LogP contribution < -0.4 is 14.8 Å². The van der Waals surface area contributed by atoms with Crippen LogP contribution in [0.3, 0.4) is 0 Å². The zero-order valence-corrected chi connectivity index (χ0v) is 23.0. The second kappa shape index (κ2) is 12.3. The molecule has 4 rings (SSSR count). The number of halogens is 2. The lowest BCUT2D eigenvalue weighted by Crippen LogP contribution is -2.16. The maximum Gasteiger partial charge on any atom is 0.387 e. The monoisotopic (exact) mass is 552 g/mol. The van der Waals surface area contributed by atoms with Gasteiger partial charge in [-0.05, 0) is 54.3 Å². The van der Waals surface area contributed by atoms with Gasteiger partial charge in [-0.15, -0.1) is 10.2 Å². The molecule has 0 aliphatic carbocycles. The fraction of sp³-hybridized carbons (Fsp3) is 0.276. The van der Waals surface area contributed by atoms with Gasteiger partial charge in [-0.25, -0.2) is 0 Å². The van der Waals surface area contributed by atoms with Crippen molar-refractivity contribution < 1.29 is 23.0 Å². The average molecular weight is 553 g/mol. The molecule has 10 heteroatoms. The fourth-order valence-corrected chi connectivity index (χ4v) is 4.60. The molecule has 0 bridgehead atoms. The van der Waals surface area contributed by atoms with E-state index in [1.807, 2.05) is 47.9 Å². The fourth-order valence-electron chi connectivity index (χ4n) is 3.85. The summed E-state index contributed by atoms with van der Waals surface area (Å²) < 4.78 is 37.4. The van der Waals surface area contributed by atoms with E-state index in [2.05, 4.69) is 53.2 Å². The molecule has 1 amide bonds. The van der Waals surface area contributed by atoms with Crippen molar-refractivity contribution in [3.05, 3.63) is 78.4 Å². The molecule has 0 radical (unpaired) electrons. The number of rotatable bonds is 10. The number of amides is 1. The largest absolute Gasteiger partial charge is 0.494 e. The van der Waals surface area contributed by atoms with E-state index in [-0.39, 0.29) is 22.6 Å². The highest BCUT2D eigenvalue weighted by molar-refractivity contribution is 7.99. The molecular weight excluding hydrogens is 522 g/mol. The van der Waals surface area contributed by atoms with Crippen molar-refractivity contribution >= 4 is 23.4 Å². The Labute approximate surface area is 230 Å². The third-order valence-electron chi connectivity index (χ3n) is 5.76. The maximum absolute atomic E-state index is 12.7. The van der Waals surface area contributed by atoms with Gasteiger partial charge in [0.05, 0.1) is 18.0 Å². The predicted octanol–water partition coefficient (Wildman–Crippen LogP) is 6.96. The van der Waals surface area contributed by atoms with Crippen LogP contribution in [0.1, 0.15) is 33.3 Å². The smallest absolute Gasteiger partial charge is 0.387 e. The first-order valence-electron chi connectivity index (χ1n) is 12.4. The number of ether oxygens (including phenoxy) is 2. The minimum Gasteiger partial charge on any atom is -0.494 e. The van der Waals surface area contributed by atoms with Crippen molar-refractivity contribution in [1.82, 2.24) is 14.8 Å². The summed E-state index contributed by atoms with van der Waals surface area (Å²) in [5.41, 5.74) is 3.04. The summed E-state index contributed by atoms with van der Waals surface area (Å²) in [6.45, 7) is 5.94. The third kappa shape index (κ3) is 7.14. The summed E-state index contributed by atoms with van der Waals surface area (Å²) in [6.07, 6.45) is 0. The number of carbonyl (C=O) groups is 1. The van der Waals surface area contributed by atoms with Gasteiger partial charge in [0, 0.05) is 11.3 Å². The molecule has 3 aromatic carbocycles. The molecular formula is C29H30F2N4O3S. The van der Waals surface area contributed by atoms with Crippen LogP contribution in [-0.4, -0.2) is 39.6 Å². The highest BCUT2D eigenvalue weighted by Crippen LogP contribution is 2.31. The van der Waals surface area contributed by atoms with Crippen LogP contribution in [0.4, 0.5) is 14.5 Å². The van der Waals surface area contributed by atoms with Gasteiger partial charge in [0.2, 0.25) is 5.91 Å². The number of carbonyl (C=O) groups excluding carboxylic acids is 1. The lowest BCUT2D eigenvalue weighted by Gasteiger charge is -2.19. The van der Waals surface area contributed by atoms with E-state index in [0.717, 1.165) is 17.0 Å². The van der Waals surface area contributed by atoms with Crippen molar-refractivity contribution in [3.8, 4) is 28.6 Å². The Balaban J connectivity index is 1.60. The molecule has 7 nitrogen and oxygen atoms in total. The van der Waals surface area contributed by atoms with Crippen molar-refractivity contribution in [2.45, 2.75) is 44.9 Å². The van der Waals surface area contributed by atoms with E-state index in [1.165, 1.54) is 29.5 Å². The minimum atomic E-state index is -3.00. The maximum atomic E-state index is 12.7. The zero-order chi connectivity index (χ0) is 28.0. The number of aromatic nitrogens is 3. The number of hydrogen-bond donors (Lipinski definition) is 1. The van der Waals surface area contributed by atoms with Crippen molar-refractivity contribution in [2.24, 2.45) is 0 Å². The van der Waals surface area contributed by atoms with Gasteiger partial charge < -0.3 is 14.8 Å². The van der Waals surface area contributed by atoms with Crippen LogP contribution in [0.25, 0.3) is 17.1 Å². The Hall–Kier alpha value is -3.92. The molecule has 1 N–H and O–H groups in total. The van der Waals surface area contributed by atoms with Crippen molar-refractivity contribution in [2.75, 3.05) is 17.7 Å². The number of benzene rings is 3. The number of nitrogens with one attached hydrogen (secondary N) is 1. The quantitative estimate of drug-likeness (QED) is 0.214. The Morgan fingerprint density at radius 1 is 1.00 bits per heavy atom. The second-order valence-corrected chi connectivity index (χ2v) is 10.5. The molecule has 1 aromatic heterocycles. The second-order valence-electron chi connectivity index (χ2n) is 9.61. The number of para-hydroxylation sites is 2. The molecule has 0 spiro atoms. The molecule has 204 valence electrons. The summed E-state index contributed by atoms with van der Waals surface area (Å²) in [4.78, 5) is 12.7. The van der Waals surface area contributed by atoms with Crippen LogP contribution in [0.2, 0.25) is 0 Å². The predicted molar refractivity (Wildman–Crippen MR) is 149 cm³/mol. The molecule has 0 saturated carbocycles. The SMILES string of the molecule is CCOc1ccc(-n2c(SCC(=O)Nc3ccccc3OC(F)F)nnc2-c2ccc(C(C)(C)C)cc2)cc1. The summed E-state index contributed by atoms with van der Waals surface area (Å²) in [7, 11) is 0. The molecule has 0 saturated heterocycles. The molecule has 0 aliphatic rings. The minimum absolute atomic E-state index is 0.00859. The topological polar surface area (TPSA) is 78.3 Å². The highest BCUT2D eigenvalue weighted by atomic mass is 32.2. The zero-order valence-electron chi connectivity index (χ0n) is 22.2. The Morgan fingerprint density at radius 3 is 2.33 bits per heavy atom. The van der Waals surface area contributed by atoms with Crippen LogP contribution in [0.5, 0.6) is 11.5 Å². The number of nitrogens with zero attached hydrogens (tertiary/aromatic N) is 3. The first-order valence-corrected chi connectivity index (χ1v) is 13.4. The third-order valence-corrected chi connectivity index (χ3v) is 6.69. The highest BCUT2D eigenvalue weighted by Gasteiger charge is 2.20. The average Bonchev–Trinajstić information content (AvgIpc) is 3.32. The number of thioether (sulfide) groups is 1. The van der Waals surface area contributed by atoms with Crippen molar-refractivity contribution in [3.63, 3.8) is 0 Å². The number of anilines is 1. The normalized spacial score (nSPS) is 11.5. The molecule has 0 unspecified atom stereocenters. The van der Waals surface area contributed by atoms with Gasteiger partial charge in [-0.3, -0.25) is 9.36 Å². The Kier molecular flexibility index (Phi) is 8.86. The molecule has 0 fully saturated rings. The van der Waals surface area contributed by atoms with Gasteiger partial charge >= 0.3 is 6.61 Å². The van der Waals surface area contributed by atoms with E-state index in [4.69, 9.17) is 4.74 Å². The number of alkyl halides is 2. The molecule has 39 heavy (non-hydrogen) atoms. The lowest BCUT2D eigenvalue weighted by molar-refractivity contribution is -0.113. The van der Waals surface area contributed by atoms with E-state index in [9.17, 15) is 13.6 Å². The Morgan fingerprint density at radius 2 is 1.69 bits per heavy atom. The lowest BCUT2D eigenvalue weighted by atomic mass is 9.87. The van der Waals surface area contributed by atoms with E-state index in [0.29, 0.717) is 17.6 Å². The Bertz CT molecular complexity index is 1400. The van der Waals surface area contributed by atoms with Crippen LogP contribution in [-0.2, 0) is 10.2 Å². The van der Waals surface area contributed by atoms with Gasteiger partial charge in [-0.1, -0.05) is 68.9 Å². The molecule has 0 atom stereocenters. The standard InChI is InChI=1S/C29H30F2N4O3S/c1-5-37-22-16-14-21(15-17-22)35-26(19-10-12-20(13-11-19)29(2,3)4)33-34-28(35)39-18-25(36)32-23-8-6-7-9-24(23)38-27(30)31/h6-17,27H,5,18H2,1-4H3,(H,32,36). The van der Waals surface area contributed by atoms with Crippen LogP contribution in [0, 0.1) is 0 Å². The summed E-state index contributed by atoms with van der Waals surface area (Å²) >= 11 is 1.18. The number of hydrogen-bond acceptors (Lipinski definition) is 6. The first kappa shape index (κ1) is 28.1. The first-order chi connectivity index (χ1) is 18.7. The van der Waals surface area contributed by atoms with Gasteiger partial charge in [-0.2, -0.15) is 8.78 Å². The van der Waals surface area contributed by atoms with Gasteiger partial charge in [0.1, 0.15) is 11.5 Å². The van der Waals surface area contributed by atoms with Crippen molar-refractivity contribution in [1.29, 1.82) is 0 Å². The van der Waals surface area contributed by atoms with Crippen LogP contribution in [0.15, 0.2) is 78.0 Å². The van der Waals surface area contributed by atoms with Gasteiger partial charge in [0.25, 0.3) is 0 Å². The van der Waals surface area contributed by atoms with Crippen LogP contribution >= 0.6 is 11.8 Å². The van der Waals surface area contributed by atoms with Gasteiger partial charge in [0.15, 0.2) is 11.0 Å².